The summed E-state index contributed by atoms with van der Waals surface area (Å²) in [5.74, 6) is 1.48. The molecule has 1 fully saturated rings. The fourth-order valence-electron chi connectivity index (χ4n) is 2.18. The van der Waals surface area contributed by atoms with Crippen molar-refractivity contribution in [3.63, 3.8) is 0 Å². The van der Waals surface area contributed by atoms with E-state index in [2.05, 4.69) is 13.0 Å². The Kier molecular flexibility index (Phi) is 1.19. The Morgan fingerprint density at radius 3 is 3.10 bits per heavy atom. The van der Waals surface area contributed by atoms with Crippen molar-refractivity contribution < 1.29 is 4.79 Å². The molecule has 0 radical (unpaired) electrons. The molecule has 2 aliphatic carbocycles. The SMILES string of the molecule is CC1=C[C@H]2C(=O)CC[C@H]2C1. The van der Waals surface area contributed by atoms with Gasteiger partial charge in [0.05, 0.1) is 0 Å². The lowest BCUT2D eigenvalue weighted by atomic mass is 9.99. The molecule has 0 saturated heterocycles. The van der Waals surface area contributed by atoms with Crippen LogP contribution in [0.1, 0.15) is 26.2 Å². The van der Waals surface area contributed by atoms with E-state index < -0.39 is 0 Å². The zero-order valence-corrected chi connectivity index (χ0v) is 6.26. The second kappa shape index (κ2) is 1.94. The highest BCUT2D eigenvalue weighted by Crippen LogP contribution is 2.40. The lowest BCUT2D eigenvalue weighted by molar-refractivity contribution is -0.119. The van der Waals surface area contributed by atoms with Gasteiger partial charge in [-0.3, -0.25) is 4.79 Å². The topological polar surface area (TPSA) is 17.1 Å². The van der Waals surface area contributed by atoms with E-state index in [4.69, 9.17) is 0 Å². The highest BCUT2D eigenvalue weighted by molar-refractivity contribution is 5.85. The Bertz CT molecular complexity index is 203. The minimum Gasteiger partial charge on any atom is -0.299 e. The van der Waals surface area contributed by atoms with Crippen LogP contribution < -0.4 is 0 Å². The van der Waals surface area contributed by atoms with Crippen LogP contribution in [0.2, 0.25) is 0 Å². The fourth-order valence-corrected chi connectivity index (χ4v) is 2.18. The Labute approximate surface area is 61.1 Å². The fraction of sp³-hybridized carbons (Fsp3) is 0.667. The van der Waals surface area contributed by atoms with Crippen LogP contribution >= 0.6 is 0 Å². The number of hydrogen-bond acceptors (Lipinski definition) is 1. The molecule has 0 unspecified atom stereocenters. The molecule has 1 heteroatoms. The second-order valence-corrected chi connectivity index (χ2v) is 3.51. The molecule has 0 heterocycles. The van der Waals surface area contributed by atoms with Crippen LogP contribution in [0.5, 0.6) is 0 Å². The maximum absolute atomic E-state index is 11.2. The molecule has 1 nitrogen and oxygen atoms in total. The molecule has 0 aliphatic heterocycles. The molecule has 0 aromatic rings. The van der Waals surface area contributed by atoms with Crippen LogP contribution in [0, 0.1) is 11.8 Å². The number of carbonyl (C=O) groups excluding carboxylic acids is 1. The van der Waals surface area contributed by atoms with Gasteiger partial charge in [-0.2, -0.15) is 0 Å². The summed E-state index contributed by atoms with van der Waals surface area (Å²) in [6, 6.07) is 0. The molecular weight excluding hydrogens is 124 g/mol. The molecule has 0 aromatic carbocycles. The third kappa shape index (κ3) is 0.731. The predicted octanol–water partition coefficient (Wildman–Crippen LogP) is 1.93. The summed E-state index contributed by atoms with van der Waals surface area (Å²) in [7, 11) is 0. The summed E-state index contributed by atoms with van der Waals surface area (Å²) in [6.07, 6.45) is 5.31. The standard InChI is InChI=1S/C9H12O/c1-6-4-7-2-3-9(10)8(7)5-6/h5,7-8H,2-4H2,1H3/t7-,8+/m0/s1. The average molecular weight is 136 g/mol. The number of ketones is 1. The number of hydrogen-bond donors (Lipinski definition) is 0. The number of allylic oxidation sites excluding steroid dienone is 2. The molecule has 0 bridgehead atoms. The lowest BCUT2D eigenvalue weighted by Gasteiger charge is -2.03. The third-order valence-corrected chi connectivity index (χ3v) is 2.69. The minimum absolute atomic E-state index is 0.319. The molecular formula is C9H12O. The molecule has 1 saturated carbocycles. The van der Waals surface area contributed by atoms with Gasteiger partial charge in [-0.15, -0.1) is 0 Å². The van der Waals surface area contributed by atoms with Crippen LogP contribution in [0.3, 0.4) is 0 Å². The van der Waals surface area contributed by atoms with Gasteiger partial charge < -0.3 is 0 Å². The van der Waals surface area contributed by atoms with Crippen molar-refractivity contribution in [3.8, 4) is 0 Å². The van der Waals surface area contributed by atoms with Gasteiger partial charge in [0, 0.05) is 12.3 Å². The summed E-state index contributed by atoms with van der Waals surface area (Å²) < 4.78 is 0. The van der Waals surface area contributed by atoms with Crippen molar-refractivity contribution in [1.29, 1.82) is 0 Å². The van der Waals surface area contributed by atoms with E-state index in [1.54, 1.807) is 0 Å². The normalized spacial score (nSPS) is 38.1. The van der Waals surface area contributed by atoms with E-state index in [0.29, 0.717) is 17.6 Å². The molecule has 0 N–H and O–H groups in total. The molecule has 2 rings (SSSR count). The van der Waals surface area contributed by atoms with Crippen LogP contribution in [0.25, 0.3) is 0 Å². The average Bonchev–Trinajstić information content (AvgIpc) is 2.35. The maximum Gasteiger partial charge on any atom is 0.140 e. The monoisotopic (exact) mass is 136 g/mol. The molecule has 0 aromatic heterocycles. The van der Waals surface area contributed by atoms with Gasteiger partial charge >= 0.3 is 0 Å². The van der Waals surface area contributed by atoms with Crippen LogP contribution in [-0.4, -0.2) is 5.78 Å². The van der Waals surface area contributed by atoms with Crippen LogP contribution in [0.15, 0.2) is 11.6 Å². The first kappa shape index (κ1) is 6.14. The number of fused-ring (bicyclic) bond motifs is 1. The van der Waals surface area contributed by atoms with Crippen molar-refractivity contribution in [1.82, 2.24) is 0 Å². The quantitative estimate of drug-likeness (QED) is 0.465. The summed E-state index contributed by atoms with van der Waals surface area (Å²) in [5, 5.41) is 0. The van der Waals surface area contributed by atoms with E-state index in [1.807, 2.05) is 0 Å². The van der Waals surface area contributed by atoms with E-state index in [1.165, 1.54) is 12.0 Å². The van der Waals surface area contributed by atoms with Gasteiger partial charge in [0.2, 0.25) is 0 Å². The Hall–Kier alpha value is -0.590. The summed E-state index contributed by atoms with van der Waals surface area (Å²) in [5.41, 5.74) is 1.42. The van der Waals surface area contributed by atoms with Gasteiger partial charge in [0.25, 0.3) is 0 Å². The van der Waals surface area contributed by atoms with Crippen molar-refractivity contribution in [3.05, 3.63) is 11.6 Å². The number of rotatable bonds is 0. The lowest BCUT2D eigenvalue weighted by Crippen LogP contribution is -2.06. The molecule has 2 atom stereocenters. The van der Waals surface area contributed by atoms with Gasteiger partial charge in [-0.05, 0) is 25.7 Å². The first-order chi connectivity index (χ1) is 4.77. The van der Waals surface area contributed by atoms with Gasteiger partial charge in [-0.25, -0.2) is 0 Å². The van der Waals surface area contributed by atoms with E-state index in [0.717, 1.165) is 12.8 Å². The Morgan fingerprint density at radius 2 is 2.40 bits per heavy atom. The highest BCUT2D eigenvalue weighted by Gasteiger charge is 2.36. The highest BCUT2D eigenvalue weighted by atomic mass is 16.1. The number of Topliss-reactive ketones (excluding diaryl/α,β-unsaturated/α-hetero) is 1. The summed E-state index contributed by atoms with van der Waals surface area (Å²) in [4.78, 5) is 11.2. The zero-order chi connectivity index (χ0) is 7.14. The molecule has 2 aliphatic rings. The first-order valence-corrected chi connectivity index (χ1v) is 3.97. The summed E-state index contributed by atoms with van der Waals surface area (Å²) in [6.45, 7) is 2.13. The van der Waals surface area contributed by atoms with Gasteiger partial charge in [-0.1, -0.05) is 11.6 Å². The summed E-state index contributed by atoms with van der Waals surface area (Å²) >= 11 is 0. The minimum atomic E-state index is 0.319. The predicted molar refractivity (Wildman–Crippen MR) is 39.6 cm³/mol. The maximum atomic E-state index is 11.2. The van der Waals surface area contributed by atoms with Crippen molar-refractivity contribution in [2.45, 2.75) is 26.2 Å². The zero-order valence-electron chi connectivity index (χ0n) is 6.26. The number of carbonyl (C=O) groups is 1. The molecule has 10 heavy (non-hydrogen) atoms. The first-order valence-electron chi connectivity index (χ1n) is 3.97. The van der Waals surface area contributed by atoms with Gasteiger partial charge in [0.1, 0.15) is 5.78 Å². The van der Waals surface area contributed by atoms with Gasteiger partial charge in [0.15, 0.2) is 0 Å². The smallest absolute Gasteiger partial charge is 0.140 e. The molecule has 0 spiro atoms. The van der Waals surface area contributed by atoms with Crippen LogP contribution in [0.4, 0.5) is 0 Å². The molecule has 54 valence electrons. The Balaban J connectivity index is 2.24. The van der Waals surface area contributed by atoms with E-state index in [9.17, 15) is 4.79 Å². The van der Waals surface area contributed by atoms with E-state index in [-0.39, 0.29) is 0 Å². The van der Waals surface area contributed by atoms with Crippen molar-refractivity contribution in [2.75, 3.05) is 0 Å². The van der Waals surface area contributed by atoms with Crippen LogP contribution in [-0.2, 0) is 4.79 Å². The largest absolute Gasteiger partial charge is 0.299 e. The Morgan fingerprint density at radius 1 is 1.60 bits per heavy atom. The molecule has 0 amide bonds. The van der Waals surface area contributed by atoms with E-state index >= 15 is 0 Å². The third-order valence-electron chi connectivity index (χ3n) is 2.69. The van der Waals surface area contributed by atoms with Crippen molar-refractivity contribution in [2.24, 2.45) is 11.8 Å². The van der Waals surface area contributed by atoms with Crippen molar-refractivity contribution >= 4 is 5.78 Å². The second-order valence-electron chi connectivity index (χ2n) is 3.51.